The Morgan fingerprint density at radius 1 is 1.00 bits per heavy atom. The van der Waals surface area contributed by atoms with Crippen LogP contribution < -0.4 is 5.43 Å². The topological polar surface area (TPSA) is 42.2 Å². The first-order valence-electron chi connectivity index (χ1n) is 6.29. The fraction of sp³-hybridized carbons (Fsp3) is 0.0625. The van der Waals surface area contributed by atoms with Crippen LogP contribution in [0, 0.1) is 6.92 Å². The fourth-order valence-corrected chi connectivity index (χ4v) is 2.72. The lowest BCUT2D eigenvalue weighted by molar-refractivity contribution is 0.192. The smallest absolute Gasteiger partial charge is 0.197 e. The van der Waals surface area contributed by atoms with E-state index in [4.69, 9.17) is 23.2 Å². The first kappa shape index (κ1) is 14.0. The normalized spacial score (nSPS) is 11.0. The van der Waals surface area contributed by atoms with Crippen molar-refractivity contribution in [1.82, 2.24) is 4.73 Å². The number of halogens is 2. The molecule has 0 fully saturated rings. The van der Waals surface area contributed by atoms with Crippen molar-refractivity contribution in [2.45, 2.75) is 6.92 Å². The van der Waals surface area contributed by atoms with Crippen molar-refractivity contribution in [3.63, 3.8) is 0 Å². The van der Waals surface area contributed by atoms with E-state index in [1.165, 1.54) is 0 Å². The number of aromatic nitrogens is 1. The molecule has 1 N–H and O–H groups in total. The average Bonchev–Trinajstić information content (AvgIpc) is 2.47. The van der Waals surface area contributed by atoms with Crippen molar-refractivity contribution < 1.29 is 5.21 Å². The summed E-state index contributed by atoms with van der Waals surface area (Å²) in [7, 11) is 0. The van der Waals surface area contributed by atoms with Crippen LogP contribution in [0.15, 0.2) is 47.3 Å². The van der Waals surface area contributed by atoms with Crippen molar-refractivity contribution in [1.29, 1.82) is 0 Å². The molecule has 2 aromatic carbocycles. The summed E-state index contributed by atoms with van der Waals surface area (Å²) in [4.78, 5) is 12.7. The molecule has 3 aromatic rings. The lowest BCUT2D eigenvalue weighted by Crippen LogP contribution is -2.14. The molecule has 3 nitrogen and oxygen atoms in total. The molecule has 0 saturated carbocycles. The molecule has 21 heavy (non-hydrogen) atoms. The van der Waals surface area contributed by atoms with Crippen LogP contribution in [0.1, 0.15) is 5.69 Å². The van der Waals surface area contributed by atoms with Gasteiger partial charge in [-0.05, 0) is 42.8 Å². The van der Waals surface area contributed by atoms with Crippen LogP contribution in [0.3, 0.4) is 0 Å². The molecule has 0 amide bonds. The van der Waals surface area contributed by atoms with Gasteiger partial charge in [0.1, 0.15) is 0 Å². The van der Waals surface area contributed by atoms with Gasteiger partial charge in [-0.25, -0.2) is 0 Å². The second-order valence-corrected chi connectivity index (χ2v) is 5.64. The lowest BCUT2D eigenvalue weighted by atomic mass is 10.0. The third kappa shape index (κ3) is 2.28. The summed E-state index contributed by atoms with van der Waals surface area (Å²) in [6.45, 7) is 1.69. The molecule has 0 radical (unpaired) electrons. The summed E-state index contributed by atoms with van der Waals surface area (Å²) in [6, 6.07) is 11.7. The van der Waals surface area contributed by atoms with Crippen molar-refractivity contribution in [3.8, 4) is 11.1 Å². The highest BCUT2D eigenvalue weighted by Gasteiger charge is 2.15. The largest absolute Gasteiger partial charge is 0.428 e. The van der Waals surface area contributed by atoms with Gasteiger partial charge in [-0.3, -0.25) is 4.79 Å². The Kier molecular flexibility index (Phi) is 3.40. The Hall–Kier alpha value is -1.97. The monoisotopic (exact) mass is 319 g/mol. The van der Waals surface area contributed by atoms with Gasteiger partial charge in [0, 0.05) is 10.0 Å². The molecular weight excluding hydrogens is 309 g/mol. The predicted octanol–water partition coefficient (Wildman–Crippen LogP) is 4.52. The Bertz CT molecular complexity index is 899. The van der Waals surface area contributed by atoms with Gasteiger partial charge in [-0.1, -0.05) is 35.3 Å². The number of nitrogens with zero attached hydrogens (tertiary/aromatic N) is 1. The summed E-state index contributed by atoms with van der Waals surface area (Å²) in [5.74, 6) is 0. The zero-order chi connectivity index (χ0) is 15.1. The zero-order valence-corrected chi connectivity index (χ0v) is 12.6. The van der Waals surface area contributed by atoms with E-state index in [0.717, 1.165) is 4.73 Å². The molecule has 0 aliphatic carbocycles. The summed E-state index contributed by atoms with van der Waals surface area (Å²) in [5.41, 5.74) is 1.87. The standard InChI is InChI=1S/C16H11Cl2NO2/c1-9-15(10-2-4-11(17)5-3-10)16(20)13-8-12(18)6-7-14(13)19(9)21/h2-8,21H,1H3. The highest BCUT2D eigenvalue weighted by Crippen LogP contribution is 2.26. The van der Waals surface area contributed by atoms with Crippen molar-refractivity contribution >= 4 is 34.1 Å². The van der Waals surface area contributed by atoms with Crippen LogP contribution in [0.4, 0.5) is 0 Å². The summed E-state index contributed by atoms with van der Waals surface area (Å²) < 4.78 is 1.01. The van der Waals surface area contributed by atoms with Gasteiger partial charge in [0.05, 0.1) is 22.2 Å². The Morgan fingerprint density at radius 2 is 1.62 bits per heavy atom. The first-order valence-corrected chi connectivity index (χ1v) is 7.04. The molecule has 0 aliphatic heterocycles. The summed E-state index contributed by atoms with van der Waals surface area (Å²) >= 11 is 11.8. The molecular formula is C16H11Cl2NO2. The first-order chi connectivity index (χ1) is 9.99. The van der Waals surface area contributed by atoms with Crippen LogP contribution >= 0.6 is 23.2 Å². The van der Waals surface area contributed by atoms with E-state index in [0.29, 0.717) is 37.8 Å². The minimum Gasteiger partial charge on any atom is -0.428 e. The maximum atomic E-state index is 12.7. The van der Waals surface area contributed by atoms with E-state index in [1.807, 2.05) is 0 Å². The molecule has 1 aromatic heterocycles. The third-order valence-electron chi connectivity index (χ3n) is 3.47. The molecule has 1 heterocycles. The SMILES string of the molecule is Cc1c(-c2ccc(Cl)cc2)c(=O)c2cc(Cl)ccc2n1O. The second-order valence-electron chi connectivity index (χ2n) is 4.77. The van der Waals surface area contributed by atoms with E-state index < -0.39 is 0 Å². The molecule has 0 saturated heterocycles. The van der Waals surface area contributed by atoms with Gasteiger partial charge in [-0.15, -0.1) is 0 Å². The molecule has 106 valence electrons. The van der Waals surface area contributed by atoms with Crippen LogP contribution in [0.2, 0.25) is 10.0 Å². The van der Waals surface area contributed by atoms with E-state index >= 15 is 0 Å². The van der Waals surface area contributed by atoms with Gasteiger partial charge in [0.2, 0.25) is 0 Å². The molecule has 5 heteroatoms. The molecule has 0 atom stereocenters. The van der Waals surface area contributed by atoms with E-state index in [9.17, 15) is 10.0 Å². The maximum absolute atomic E-state index is 12.7. The van der Waals surface area contributed by atoms with E-state index in [-0.39, 0.29) is 5.43 Å². The van der Waals surface area contributed by atoms with Gasteiger partial charge in [0.15, 0.2) is 5.43 Å². The number of hydrogen-bond acceptors (Lipinski definition) is 2. The molecule has 0 spiro atoms. The fourth-order valence-electron chi connectivity index (χ4n) is 2.42. The van der Waals surface area contributed by atoms with Gasteiger partial charge < -0.3 is 5.21 Å². The van der Waals surface area contributed by atoms with Crippen LogP contribution in [0.25, 0.3) is 22.0 Å². The van der Waals surface area contributed by atoms with Gasteiger partial charge in [0.25, 0.3) is 0 Å². The zero-order valence-electron chi connectivity index (χ0n) is 11.1. The van der Waals surface area contributed by atoms with E-state index in [1.54, 1.807) is 49.4 Å². The summed E-state index contributed by atoms with van der Waals surface area (Å²) in [6.07, 6.45) is 0. The predicted molar refractivity (Wildman–Crippen MR) is 85.6 cm³/mol. The number of rotatable bonds is 1. The Labute approximate surface area is 130 Å². The maximum Gasteiger partial charge on any atom is 0.197 e. The van der Waals surface area contributed by atoms with Crippen LogP contribution in [-0.4, -0.2) is 9.94 Å². The number of pyridine rings is 1. The molecule has 0 unspecified atom stereocenters. The molecule has 0 aliphatic rings. The lowest BCUT2D eigenvalue weighted by Gasteiger charge is -2.13. The Balaban J connectivity index is 2.43. The second kappa shape index (κ2) is 5.10. The average molecular weight is 320 g/mol. The Morgan fingerprint density at radius 3 is 2.29 bits per heavy atom. The van der Waals surface area contributed by atoms with Crippen LogP contribution in [-0.2, 0) is 0 Å². The highest BCUT2D eigenvalue weighted by atomic mass is 35.5. The molecule has 3 rings (SSSR count). The van der Waals surface area contributed by atoms with E-state index in [2.05, 4.69) is 0 Å². The highest BCUT2D eigenvalue weighted by molar-refractivity contribution is 6.31. The summed E-state index contributed by atoms with van der Waals surface area (Å²) in [5, 5.41) is 11.7. The number of benzene rings is 2. The minimum atomic E-state index is -0.169. The minimum absolute atomic E-state index is 0.169. The number of fused-ring (bicyclic) bond motifs is 1. The quantitative estimate of drug-likeness (QED) is 0.670. The van der Waals surface area contributed by atoms with Crippen LogP contribution in [0.5, 0.6) is 0 Å². The third-order valence-corrected chi connectivity index (χ3v) is 3.96. The number of hydrogen-bond donors (Lipinski definition) is 1. The van der Waals surface area contributed by atoms with Crippen molar-refractivity contribution in [2.24, 2.45) is 0 Å². The molecule has 0 bridgehead atoms. The van der Waals surface area contributed by atoms with Crippen molar-refractivity contribution in [2.75, 3.05) is 0 Å². The van der Waals surface area contributed by atoms with Gasteiger partial charge in [-0.2, -0.15) is 4.73 Å². The van der Waals surface area contributed by atoms with Crippen molar-refractivity contribution in [3.05, 3.63) is 68.4 Å². The van der Waals surface area contributed by atoms with Gasteiger partial charge >= 0.3 is 0 Å².